The van der Waals surface area contributed by atoms with E-state index in [4.69, 9.17) is 9.47 Å². The lowest BCUT2D eigenvalue weighted by Gasteiger charge is -2.25. The van der Waals surface area contributed by atoms with Crippen LogP contribution < -0.4 is 9.47 Å². The summed E-state index contributed by atoms with van der Waals surface area (Å²) in [5.41, 5.74) is 0.884. The normalized spacial score (nSPS) is 19.7. The van der Waals surface area contributed by atoms with Crippen molar-refractivity contribution in [2.75, 3.05) is 20.3 Å². The van der Waals surface area contributed by atoms with Crippen molar-refractivity contribution in [3.05, 3.63) is 59.9 Å². The van der Waals surface area contributed by atoms with Crippen molar-refractivity contribution >= 4 is 5.91 Å². The number of para-hydroxylation sites is 1. The Morgan fingerprint density at radius 1 is 1.28 bits per heavy atom. The summed E-state index contributed by atoms with van der Waals surface area (Å²) < 4.78 is 24.1. The molecule has 0 aromatic heterocycles. The van der Waals surface area contributed by atoms with E-state index in [-0.39, 0.29) is 30.9 Å². The number of likely N-dealkylation sites (tertiary alicyclic amines) is 1. The fourth-order valence-electron chi connectivity index (χ4n) is 3.04. The van der Waals surface area contributed by atoms with Crippen molar-refractivity contribution in [2.24, 2.45) is 0 Å². The van der Waals surface area contributed by atoms with E-state index >= 15 is 0 Å². The molecule has 3 rings (SSSR count). The van der Waals surface area contributed by atoms with Crippen LogP contribution in [0.5, 0.6) is 11.5 Å². The first-order valence-corrected chi connectivity index (χ1v) is 8.07. The molecule has 0 saturated carbocycles. The van der Waals surface area contributed by atoms with Crippen molar-refractivity contribution in [3.8, 4) is 11.5 Å². The molecule has 5 nitrogen and oxygen atoms in total. The Morgan fingerprint density at radius 3 is 2.84 bits per heavy atom. The predicted octanol–water partition coefficient (Wildman–Crippen LogP) is 2.55. The third-order valence-electron chi connectivity index (χ3n) is 4.27. The van der Waals surface area contributed by atoms with E-state index in [0.29, 0.717) is 12.2 Å². The zero-order chi connectivity index (χ0) is 17.8. The Hall–Kier alpha value is -2.60. The molecule has 1 aliphatic rings. The van der Waals surface area contributed by atoms with E-state index in [9.17, 15) is 14.3 Å². The third-order valence-corrected chi connectivity index (χ3v) is 4.27. The molecular weight excluding hydrogens is 325 g/mol. The number of carbonyl (C=O) groups excluding carboxylic acids is 1. The number of ether oxygens (including phenoxy) is 2. The van der Waals surface area contributed by atoms with E-state index in [0.717, 1.165) is 5.56 Å². The minimum absolute atomic E-state index is 0.0357. The molecule has 1 saturated heterocycles. The predicted molar refractivity (Wildman–Crippen MR) is 90.0 cm³/mol. The zero-order valence-corrected chi connectivity index (χ0v) is 13.9. The monoisotopic (exact) mass is 345 g/mol. The number of nitrogens with zero attached hydrogens (tertiary/aromatic N) is 1. The van der Waals surface area contributed by atoms with Crippen LogP contribution in [0.4, 0.5) is 4.39 Å². The lowest BCUT2D eigenvalue weighted by molar-refractivity contribution is -0.134. The third kappa shape index (κ3) is 3.91. The summed E-state index contributed by atoms with van der Waals surface area (Å²) in [6.45, 7) is -0.0601. The quantitative estimate of drug-likeness (QED) is 0.905. The molecule has 1 aliphatic heterocycles. The smallest absolute Gasteiger partial charge is 0.261 e. The molecule has 0 radical (unpaired) electrons. The summed E-state index contributed by atoms with van der Waals surface area (Å²) >= 11 is 0. The second kappa shape index (κ2) is 7.53. The number of carbonyl (C=O) groups is 1. The summed E-state index contributed by atoms with van der Waals surface area (Å²) in [4.78, 5) is 14.1. The molecule has 1 N–H and O–H groups in total. The minimum Gasteiger partial charge on any atom is -0.497 e. The average molecular weight is 345 g/mol. The minimum atomic E-state index is -0.603. The van der Waals surface area contributed by atoms with Crippen molar-refractivity contribution < 1.29 is 23.8 Å². The number of hydrogen-bond acceptors (Lipinski definition) is 4. The van der Waals surface area contributed by atoms with Gasteiger partial charge in [-0.3, -0.25) is 4.79 Å². The highest BCUT2D eigenvalue weighted by molar-refractivity contribution is 5.78. The van der Waals surface area contributed by atoms with E-state index in [1.807, 2.05) is 24.3 Å². The van der Waals surface area contributed by atoms with Crippen LogP contribution in [-0.4, -0.2) is 42.3 Å². The SMILES string of the molecule is COc1cccc([C@H]2C[C@H](O)CN2C(=O)COc2ccccc2F)c1. The number of aliphatic hydroxyl groups excluding tert-OH is 1. The Morgan fingerprint density at radius 2 is 2.08 bits per heavy atom. The largest absolute Gasteiger partial charge is 0.497 e. The van der Waals surface area contributed by atoms with E-state index in [2.05, 4.69) is 0 Å². The van der Waals surface area contributed by atoms with Crippen LogP contribution in [0.2, 0.25) is 0 Å². The van der Waals surface area contributed by atoms with Crippen LogP contribution in [0, 0.1) is 5.82 Å². The van der Waals surface area contributed by atoms with Gasteiger partial charge in [0.05, 0.1) is 19.3 Å². The summed E-state index contributed by atoms with van der Waals surface area (Å²) in [5.74, 6) is -0.0869. The summed E-state index contributed by atoms with van der Waals surface area (Å²) in [6, 6.07) is 13.1. The second-order valence-corrected chi connectivity index (χ2v) is 5.95. The summed E-state index contributed by atoms with van der Waals surface area (Å²) in [7, 11) is 1.58. The molecule has 0 spiro atoms. The molecule has 25 heavy (non-hydrogen) atoms. The topological polar surface area (TPSA) is 59.0 Å². The highest BCUT2D eigenvalue weighted by Crippen LogP contribution is 2.33. The van der Waals surface area contributed by atoms with Gasteiger partial charge in [-0.05, 0) is 36.2 Å². The van der Waals surface area contributed by atoms with Gasteiger partial charge in [-0.15, -0.1) is 0 Å². The Kier molecular flexibility index (Phi) is 5.19. The number of rotatable bonds is 5. The van der Waals surface area contributed by atoms with Crippen LogP contribution in [-0.2, 0) is 4.79 Å². The lowest BCUT2D eigenvalue weighted by atomic mass is 10.0. The molecule has 0 bridgehead atoms. The number of methoxy groups -OCH3 is 1. The molecule has 0 aliphatic carbocycles. The Bertz CT molecular complexity index is 752. The van der Waals surface area contributed by atoms with Crippen LogP contribution >= 0.6 is 0 Å². The zero-order valence-electron chi connectivity index (χ0n) is 13.9. The van der Waals surface area contributed by atoms with Crippen LogP contribution in [0.25, 0.3) is 0 Å². The van der Waals surface area contributed by atoms with Gasteiger partial charge in [-0.1, -0.05) is 24.3 Å². The molecular formula is C19H20FNO4. The van der Waals surface area contributed by atoms with E-state index in [1.54, 1.807) is 24.1 Å². The molecule has 1 amide bonds. The maximum Gasteiger partial charge on any atom is 0.261 e. The van der Waals surface area contributed by atoms with Gasteiger partial charge in [0.15, 0.2) is 18.2 Å². The Balaban J connectivity index is 1.72. The number of β-amino-alcohol motifs (C(OH)–C–C–N with tert-alkyl or cyclic N) is 1. The summed E-state index contributed by atoms with van der Waals surface area (Å²) in [6.07, 6.45) is -0.160. The maximum atomic E-state index is 13.6. The first-order chi connectivity index (χ1) is 12.1. The summed E-state index contributed by atoms with van der Waals surface area (Å²) in [5, 5.41) is 10.0. The van der Waals surface area contributed by atoms with E-state index < -0.39 is 11.9 Å². The first kappa shape index (κ1) is 17.2. The molecule has 2 aromatic rings. The van der Waals surface area contributed by atoms with Crippen molar-refractivity contribution in [2.45, 2.75) is 18.6 Å². The van der Waals surface area contributed by atoms with Gasteiger partial charge < -0.3 is 19.5 Å². The fourth-order valence-corrected chi connectivity index (χ4v) is 3.04. The van der Waals surface area contributed by atoms with E-state index in [1.165, 1.54) is 12.1 Å². The average Bonchev–Trinajstić information content (AvgIpc) is 3.03. The second-order valence-electron chi connectivity index (χ2n) is 5.95. The number of amides is 1. The Labute approximate surface area is 145 Å². The van der Waals surface area contributed by atoms with Gasteiger partial charge >= 0.3 is 0 Å². The fraction of sp³-hybridized carbons (Fsp3) is 0.316. The van der Waals surface area contributed by atoms with Gasteiger partial charge in [0, 0.05) is 6.54 Å². The standard InChI is InChI=1S/C19H20FNO4/c1-24-15-6-4-5-13(9-15)17-10-14(22)11-21(17)19(23)12-25-18-8-3-2-7-16(18)20/h2-9,14,17,22H,10-12H2,1H3/t14-,17+/m0/s1. The van der Waals surface area contributed by atoms with Crippen molar-refractivity contribution in [1.82, 2.24) is 4.90 Å². The number of hydrogen-bond donors (Lipinski definition) is 1. The number of halogens is 1. The van der Waals surface area contributed by atoms with Crippen LogP contribution in [0.1, 0.15) is 18.0 Å². The maximum absolute atomic E-state index is 13.6. The van der Waals surface area contributed by atoms with Gasteiger partial charge in [-0.25, -0.2) is 4.39 Å². The number of aliphatic hydroxyl groups is 1. The highest BCUT2D eigenvalue weighted by atomic mass is 19.1. The molecule has 2 atom stereocenters. The molecule has 132 valence electrons. The van der Waals surface area contributed by atoms with Crippen molar-refractivity contribution in [1.29, 1.82) is 0 Å². The number of benzene rings is 2. The van der Waals surface area contributed by atoms with Crippen LogP contribution in [0.3, 0.4) is 0 Å². The first-order valence-electron chi connectivity index (χ1n) is 8.07. The molecule has 1 heterocycles. The van der Waals surface area contributed by atoms with Gasteiger partial charge in [0.1, 0.15) is 5.75 Å². The molecule has 1 fully saturated rings. The molecule has 6 heteroatoms. The van der Waals surface area contributed by atoms with Gasteiger partial charge in [0.25, 0.3) is 5.91 Å². The van der Waals surface area contributed by atoms with Crippen molar-refractivity contribution in [3.63, 3.8) is 0 Å². The van der Waals surface area contributed by atoms with Gasteiger partial charge in [-0.2, -0.15) is 0 Å². The molecule has 0 unspecified atom stereocenters. The van der Waals surface area contributed by atoms with Gasteiger partial charge in [0.2, 0.25) is 0 Å². The lowest BCUT2D eigenvalue weighted by Crippen LogP contribution is -2.35. The molecule has 2 aromatic carbocycles. The highest BCUT2D eigenvalue weighted by Gasteiger charge is 2.35. The van der Waals surface area contributed by atoms with Crippen LogP contribution in [0.15, 0.2) is 48.5 Å².